The predicted molar refractivity (Wildman–Crippen MR) is 79.1 cm³/mol. The van der Waals surface area contributed by atoms with Crippen molar-refractivity contribution in [3.8, 4) is 0 Å². The van der Waals surface area contributed by atoms with Crippen LogP contribution < -0.4 is 5.32 Å². The molecular formula is C15H29N3. The van der Waals surface area contributed by atoms with Crippen molar-refractivity contribution in [3.63, 3.8) is 0 Å². The van der Waals surface area contributed by atoms with E-state index in [2.05, 4.69) is 29.1 Å². The molecule has 0 atom stereocenters. The third-order valence-corrected chi connectivity index (χ3v) is 3.25. The minimum absolute atomic E-state index is 0.942. The van der Waals surface area contributed by atoms with E-state index in [4.69, 9.17) is 0 Å². The molecule has 0 aliphatic heterocycles. The Bertz CT molecular complexity index is 294. The Morgan fingerprint density at radius 1 is 1.00 bits per heavy atom. The Balaban J connectivity index is 2.10. The van der Waals surface area contributed by atoms with Gasteiger partial charge in [-0.1, -0.05) is 52.4 Å². The minimum atomic E-state index is 0.942. The SMILES string of the molecule is CCCCCCNc1ncc(CCCCCC)[nH]1. The van der Waals surface area contributed by atoms with Crippen LogP contribution in [0.3, 0.4) is 0 Å². The Hall–Kier alpha value is -0.990. The minimum Gasteiger partial charge on any atom is -0.356 e. The number of imidazole rings is 1. The van der Waals surface area contributed by atoms with Gasteiger partial charge in [0.2, 0.25) is 0 Å². The molecule has 0 amide bonds. The topological polar surface area (TPSA) is 40.7 Å². The molecular weight excluding hydrogens is 222 g/mol. The smallest absolute Gasteiger partial charge is 0.200 e. The van der Waals surface area contributed by atoms with Crippen molar-refractivity contribution in [1.29, 1.82) is 0 Å². The fraction of sp³-hybridized carbons (Fsp3) is 0.800. The number of hydrogen-bond donors (Lipinski definition) is 2. The van der Waals surface area contributed by atoms with Crippen LogP contribution in [0.5, 0.6) is 0 Å². The average molecular weight is 251 g/mol. The molecule has 0 fully saturated rings. The first-order chi connectivity index (χ1) is 8.86. The van der Waals surface area contributed by atoms with Crippen molar-refractivity contribution >= 4 is 5.95 Å². The summed E-state index contributed by atoms with van der Waals surface area (Å²) in [4.78, 5) is 7.72. The normalized spacial score (nSPS) is 10.8. The second-order valence-corrected chi connectivity index (χ2v) is 5.06. The largest absolute Gasteiger partial charge is 0.356 e. The first kappa shape index (κ1) is 15.1. The highest BCUT2D eigenvalue weighted by atomic mass is 15.1. The molecule has 0 spiro atoms. The maximum atomic E-state index is 4.37. The summed E-state index contributed by atoms with van der Waals surface area (Å²) in [6.07, 6.45) is 13.5. The highest BCUT2D eigenvalue weighted by Crippen LogP contribution is 2.08. The summed E-state index contributed by atoms with van der Waals surface area (Å²) in [5.74, 6) is 0.942. The Morgan fingerprint density at radius 3 is 2.44 bits per heavy atom. The highest BCUT2D eigenvalue weighted by Gasteiger charge is 1.99. The van der Waals surface area contributed by atoms with Gasteiger partial charge in [-0.25, -0.2) is 4.98 Å². The van der Waals surface area contributed by atoms with Gasteiger partial charge < -0.3 is 10.3 Å². The number of nitrogens with one attached hydrogen (secondary N) is 2. The van der Waals surface area contributed by atoms with E-state index in [1.165, 1.54) is 57.1 Å². The van der Waals surface area contributed by atoms with Crippen molar-refractivity contribution in [2.45, 2.75) is 71.6 Å². The molecule has 0 radical (unpaired) electrons. The number of nitrogens with zero attached hydrogens (tertiary/aromatic N) is 1. The van der Waals surface area contributed by atoms with Gasteiger partial charge in [-0.05, 0) is 19.3 Å². The van der Waals surface area contributed by atoms with E-state index in [1.54, 1.807) is 0 Å². The zero-order chi connectivity index (χ0) is 13.1. The third-order valence-electron chi connectivity index (χ3n) is 3.25. The van der Waals surface area contributed by atoms with Crippen LogP contribution in [0.1, 0.15) is 70.9 Å². The number of H-pyrrole nitrogens is 1. The molecule has 1 aromatic rings. The van der Waals surface area contributed by atoms with E-state index in [0.717, 1.165) is 18.9 Å². The number of aryl methyl sites for hydroxylation is 1. The lowest BCUT2D eigenvalue weighted by molar-refractivity contribution is 0.661. The van der Waals surface area contributed by atoms with Gasteiger partial charge in [0, 0.05) is 12.2 Å². The summed E-state index contributed by atoms with van der Waals surface area (Å²) in [7, 11) is 0. The molecule has 1 rings (SSSR count). The highest BCUT2D eigenvalue weighted by molar-refractivity contribution is 5.25. The summed E-state index contributed by atoms with van der Waals surface area (Å²) in [6, 6.07) is 0. The van der Waals surface area contributed by atoms with Crippen LogP contribution in [0.25, 0.3) is 0 Å². The number of aromatic nitrogens is 2. The summed E-state index contributed by atoms with van der Waals surface area (Å²) in [5, 5.41) is 3.36. The standard InChI is InChI=1S/C15H29N3/c1-3-5-7-9-11-14-13-17-15(18-14)16-12-10-8-6-4-2/h13H,3-12H2,1-2H3,(H2,16,17,18). The van der Waals surface area contributed by atoms with Gasteiger partial charge >= 0.3 is 0 Å². The second-order valence-electron chi connectivity index (χ2n) is 5.06. The zero-order valence-corrected chi connectivity index (χ0v) is 12.1. The third kappa shape index (κ3) is 6.67. The molecule has 0 unspecified atom stereocenters. The van der Waals surface area contributed by atoms with Crippen molar-refractivity contribution in [2.24, 2.45) is 0 Å². The first-order valence-corrected chi connectivity index (χ1v) is 7.64. The molecule has 104 valence electrons. The van der Waals surface area contributed by atoms with Crippen molar-refractivity contribution in [1.82, 2.24) is 9.97 Å². The molecule has 0 aliphatic carbocycles. The van der Waals surface area contributed by atoms with Crippen LogP contribution in [0.15, 0.2) is 6.20 Å². The molecule has 0 aromatic carbocycles. The van der Waals surface area contributed by atoms with Crippen LogP contribution in [0.2, 0.25) is 0 Å². The lowest BCUT2D eigenvalue weighted by Gasteiger charge is -2.02. The Morgan fingerprint density at radius 2 is 1.72 bits per heavy atom. The van der Waals surface area contributed by atoms with Gasteiger partial charge in [-0.3, -0.25) is 0 Å². The van der Waals surface area contributed by atoms with E-state index in [9.17, 15) is 0 Å². The van der Waals surface area contributed by atoms with Crippen LogP contribution in [-0.2, 0) is 6.42 Å². The molecule has 3 nitrogen and oxygen atoms in total. The number of aromatic amines is 1. The molecule has 0 aliphatic rings. The summed E-state index contributed by atoms with van der Waals surface area (Å²) >= 11 is 0. The Labute approximate surface area is 112 Å². The number of anilines is 1. The maximum Gasteiger partial charge on any atom is 0.200 e. The number of rotatable bonds is 11. The predicted octanol–water partition coefficient (Wildman–Crippen LogP) is 4.52. The molecule has 0 bridgehead atoms. The zero-order valence-electron chi connectivity index (χ0n) is 12.1. The molecule has 2 N–H and O–H groups in total. The van der Waals surface area contributed by atoms with Gasteiger partial charge in [0.1, 0.15) is 0 Å². The van der Waals surface area contributed by atoms with Crippen LogP contribution in [0, 0.1) is 0 Å². The van der Waals surface area contributed by atoms with Gasteiger partial charge in [0.15, 0.2) is 5.95 Å². The molecule has 3 heteroatoms. The maximum absolute atomic E-state index is 4.37. The van der Waals surface area contributed by atoms with Crippen LogP contribution in [0.4, 0.5) is 5.95 Å². The fourth-order valence-corrected chi connectivity index (χ4v) is 2.08. The molecule has 1 heterocycles. The Kier molecular flexibility index (Phi) is 8.36. The van der Waals surface area contributed by atoms with Gasteiger partial charge in [0.05, 0.1) is 6.20 Å². The first-order valence-electron chi connectivity index (χ1n) is 7.64. The summed E-state index contributed by atoms with van der Waals surface area (Å²) < 4.78 is 0. The van der Waals surface area contributed by atoms with E-state index in [1.807, 2.05) is 6.20 Å². The molecule has 0 saturated carbocycles. The van der Waals surface area contributed by atoms with Crippen molar-refractivity contribution in [3.05, 3.63) is 11.9 Å². The van der Waals surface area contributed by atoms with E-state index in [0.29, 0.717) is 0 Å². The fourth-order valence-electron chi connectivity index (χ4n) is 2.08. The molecule has 0 saturated heterocycles. The molecule has 18 heavy (non-hydrogen) atoms. The van der Waals surface area contributed by atoms with Crippen molar-refractivity contribution in [2.75, 3.05) is 11.9 Å². The van der Waals surface area contributed by atoms with E-state index in [-0.39, 0.29) is 0 Å². The quantitative estimate of drug-likeness (QED) is 0.567. The van der Waals surface area contributed by atoms with Gasteiger partial charge in [-0.2, -0.15) is 0 Å². The van der Waals surface area contributed by atoms with Crippen molar-refractivity contribution < 1.29 is 0 Å². The second kappa shape index (κ2) is 9.98. The van der Waals surface area contributed by atoms with Crippen LogP contribution >= 0.6 is 0 Å². The molecule has 1 aromatic heterocycles. The van der Waals surface area contributed by atoms with Gasteiger partial charge in [-0.15, -0.1) is 0 Å². The summed E-state index contributed by atoms with van der Waals surface area (Å²) in [5.41, 5.74) is 1.27. The average Bonchev–Trinajstić information content (AvgIpc) is 2.82. The lowest BCUT2D eigenvalue weighted by atomic mass is 10.1. The number of hydrogen-bond acceptors (Lipinski definition) is 2. The van der Waals surface area contributed by atoms with Crippen LogP contribution in [-0.4, -0.2) is 16.5 Å². The summed E-state index contributed by atoms with van der Waals surface area (Å²) in [6.45, 7) is 5.52. The number of unbranched alkanes of at least 4 members (excludes halogenated alkanes) is 6. The lowest BCUT2D eigenvalue weighted by Crippen LogP contribution is -2.02. The van der Waals surface area contributed by atoms with E-state index < -0.39 is 0 Å². The van der Waals surface area contributed by atoms with E-state index >= 15 is 0 Å². The monoisotopic (exact) mass is 251 g/mol. The van der Waals surface area contributed by atoms with Gasteiger partial charge in [0.25, 0.3) is 0 Å².